The fourth-order valence-corrected chi connectivity index (χ4v) is 2.27. The van der Waals surface area contributed by atoms with Crippen LogP contribution in [0.4, 0.5) is 13.2 Å². The van der Waals surface area contributed by atoms with E-state index in [1.54, 1.807) is 24.9 Å². The number of imidazole rings is 2. The number of benzene rings is 1. The van der Waals surface area contributed by atoms with Crippen LogP contribution in [0.2, 0.25) is 5.02 Å². The zero-order chi connectivity index (χ0) is 15.7. The quantitative estimate of drug-likeness (QED) is 0.643. The summed E-state index contributed by atoms with van der Waals surface area (Å²) < 4.78 is 42.0. The van der Waals surface area contributed by atoms with Gasteiger partial charge in [0.05, 0.1) is 35.5 Å². The smallest absolute Gasteiger partial charge is 0.331 e. The monoisotopic (exact) mass is 398 g/mol. The largest absolute Gasteiger partial charge is 0.417 e. The number of aromatic nitrogens is 4. The first-order valence-electron chi connectivity index (χ1n) is 6.29. The number of rotatable bonds is 3. The summed E-state index contributed by atoms with van der Waals surface area (Å²) in [5, 5.41) is -0.324. The van der Waals surface area contributed by atoms with Gasteiger partial charge < -0.3 is 9.13 Å². The number of hydrogen-bond acceptors (Lipinski definition) is 2. The molecule has 0 unspecified atom stereocenters. The molecule has 0 aliphatic carbocycles. The molecule has 0 atom stereocenters. The first-order chi connectivity index (χ1) is 10.4. The second-order valence-corrected chi connectivity index (χ2v) is 5.08. The van der Waals surface area contributed by atoms with Gasteiger partial charge in [-0.1, -0.05) is 11.6 Å². The maximum absolute atomic E-state index is 12.9. The highest BCUT2D eigenvalue weighted by Gasteiger charge is 2.33. The highest BCUT2D eigenvalue weighted by atomic mass is 35.5. The molecule has 0 spiro atoms. The van der Waals surface area contributed by atoms with Gasteiger partial charge in [-0.05, 0) is 18.2 Å². The van der Waals surface area contributed by atoms with Gasteiger partial charge >= 0.3 is 6.18 Å². The van der Waals surface area contributed by atoms with Crippen LogP contribution in [0.5, 0.6) is 0 Å². The van der Waals surface area contributed by atoms with Crippen LogP contribution >= 0.6 is 36.4 Å². The van der Waals surface area contributed by atoms with Crippen molar-refractivity contribution in [1.29, 1.82) is 0 Å². The van der Waals surface area contributed by atoms with Crippen LogP contribution in [-0.2, 0) is 12.7 Å². The summed E-state index contributed by atoms with van der Waals surface area (Å²) in [6.07, 6.45) is 3.71. The van der Waals surface area contributed by atoms with E-state index < -0.39 is 11.7 Å². The molecule has 0 bridgehead atoms. The first-order valence-corrected chi connectivity index (χ1v) is 6.67. The zero-order valence-electron chi connectivity index (χ0n) is 11.9. The summed E-state index contributed by atoms with van der Waals surface area (Å²) in [6.45, 7) is 0.493. The molecular formula is C14H12Cl3F3N4. The van der Waals surface area contributed by atoms with Gasteiger partial charge in [0, 0.05) is 24.3 Å². The molecule has 3 aromatic rings. The van der Waals surface area contributed by atoms with E-state index in [1.165, 1.54) is 23.0 Å². The lowest BCUT2D eigenvalue weighted by molar-refractivity contribution is -0.137. The van der Waals surface area contributed by atoms with Crippen LogP contribution in [0.15, 0.2) is 49.4 Å². The fraction of sp³-hybridized carbons (Fsp3) is 0.143. The molecule has 1 aromatic carbocycles. The van der Waals surface area contributed by atoms with Crippen LogP contribution < -0.4 is 0 Å². The Bertz CT molecular complexity index is 785. The van der Waals surface area contributed by atoms with E-state index in [9.17, 15) is 13.2 Å². The molecule has 0 N–H and O–H groups in total. The second kappa shape index (κ2) is 7.92. The second-order valence-electron chi connectivity index (χ2n) is 4.67. The average Bonchev–Trinajstić information content (AvgIpc) is 3.10. The topological polar surface area (TPSA) is 35.6 Å². The first kappa shape index (κ1) is 20.3. The molecule has 0 saturated carbocycles. The predicted octanol–water partition coefficient (Wildman–Crippen LogP) is 4.63. The van der Waals surface area contributed by atoms with E-state index in [-0.39, 0.29) is 29.8 Å². The molecule has 4 nitrogen and oxygen atoms in total. The van der Waals surface area contributed by atoms with Crippen molar-refractivity contribution in [3.05, 3.63) is 65.7 Å². The van der Waals surface area contributed by atoms with Gasteiger partial charge in [0.15, 0.2) is 0 Å². The Morgan fingerprint density at radius 3 is 2.50 bits per heavy atom. The normalized spacial score (nSPS) is 10.8. The minimum Gasteiger partial charge on any atom is -0.331 e. The summed E-state index contributed by atoms with van der Waals surface area (Å²) in [6, 6.07) is 3.75. The molecule has 3 rings (SSSR count). The van der Waals surface area contributed by atoms with Crippen LogP contribution in [0, 0.1) is 0 Å². The van der Waals surface area contributed by atoms with Gasteiger partial charge in [0.2, 0.25) is 0 Å². The Morgan fingerprint density at radius 2 is 1.88 bits per heavy atom. The minimum atomic E-state index is -4.49. The van der Waals surface area contributed by atoms with E-state index in [2.05, 4.69) is 9.97 Å². The fourth-order valence-electron chi connectivity index (χ4n) is 2.04. The lowest BCUT2D eigenvalue weighted by atomic mass is 10.2. The third-order valence-corrected chi connectivity index (χ3v) is 3.42. The van der Waals surface area contributed by atoms with Gasteiger partial charge in [-0.25, -0.2) is 9.97 Å². The van der Waals surface area contributed by atoms with E-state index in [1.807, 2.05) is 4.57 Å². The third kappa shape index (κ3) is 4.43. The van der Waals surface area contributed by atoms with Crippen molar-refractivity contribution in [2.45, 2.75) is 12.7 Å². The van der Waals surface area contributed by atoms with Crippen LogP contribution in [-0.4, -0.2) is 19.1 Å². The van der Waals surface area contributed by atoms with Crippen molar-refractivity contribution in [3.63, 3.8) is 0 Å². The Labute approximate surface area is 153 Å². The molecule has 2 heterocycles. The summed E-state index contributed by atoms with van der Waals surface area (Å²) >= 11 is 5.61. The van der Waals surface area contributed by atoms with Crippen molar-refractivity contribution in [2.24, 2.45) is 0 Å². The van der Waals surface area contributed by atoms with Crippen molar-refractivity contribution in [2.75, 3.05) is 0 Å². The molecule has 0 radical (unpaired) electrons. The zero-order valence-corrected chi connectivity index (χ0v) is 14.3. The third-order valence-electron chi connectivity index (χ3n) is 3.09. The maximum Gasteiger partial charge on any atom is 0.417 e. The molecule has 0 saturated heterocycles. The summed E-state index contributed by atoms with van der Waals surface area (Å²) in [7, 11) is 0. The van der Waals surface area contributed by atoms with E-state index >= 15 is 0 Å². The molecule has 130 valence electrons. The van der Waals surface area contributed by atoms with Gasteiger partial charge in [0.1, 0.15) is 0 Å². The Balaban J connectivity index is 0.00000144. The van der Waals surface area contributed by atoms with Crippen LogP contribution in [0.1, 0.15) is 11.3 Å². The van der Waals surface area contributed by atoms with Crippen LogP contribution in [0.25, 0.3) is 5.69 Å². The Hall–Kier alpha value is -1.70. The highest BCUT2D eigenvalue weighted by Crippen LogP contribution is 2.35. The van der Waals surface area contributed by atoms with Crippen molar-refractivity contribution in [3.8, 4) is 5.69 Å². The number of hydrogen-bond donors (Lipinski definition) is 0. The minimum absolute atomic E-state index is 0. The van der Waals surface area contributed by atoms with Crippen molar-refractivity contribution < 1.29 is 13.2 Å². The van der Waals surface area contributed by atoms with Gasteiger partial charge in [0.25, 0.3) is 0 Å². The van der Waals surface area contributed by atoms with Gasteiger partial charge in [-0.3, -0.25) is 0 Å². The Kier molecular flexibility index (Phi) is 6.71. The highest BCUT2D eigenvalue weighted by molar-refractivity contribution is 6.31. The van der Waals surface area contributed by atoms with Crippen molar-refractivity contribution in [1.82, 2.24) is 19.1 Å². The molecule has 10 heteroatoms. The number of nitrogens with zero attached hydrogens (tertiary/aromatic N) is 4. The Morgan fingerprint density at radius 1 is 1.12 bits per heavy atom. The maximum atomic E-state index is 12.9. The SMILES string of the molecule is Cl.Cl.FC(F)(F)c1cc(-n2cnc(Cn3ccnc3)c2)ccc1Cl. The van der Waals surface area contributed by atoms with Gasteiger partial charge in [-0.15, -0.1) is 24.8 Å². The lowest BCUT2D eigenvalue weighted by Gasteiger charge is -2.11. The lowest BCUT2D eigenvalue weighted by Crippen LogP contribution is -2.07. The standard InChI is InChI=1S/C14H10ClF3N4.2ClH/c15-13-2-1-11(5-12(13)14(16,17)18)22-7-10(20-9-22)6-21-4-3-19-8-21;;/h1-5,7-9H,6H2;2*1H. The van der Waals surface area contributed by atoms with Crippen molar-refractivity contribution >= 4 is 36.4 Å². The summed E-state index contributed by atoms with van der Waals surface area (Å²) in [5.41, 5.74) is 0.194. The number of alkyl halides is 3. The molecule has 24 heavy (non-hydrogen) atoms. The van der Waals surface area contributed by atoms with Gasteiger partial charge in [-0.2, -0.15) is 13.2 Å². The summed E-state index contributed by atoms with van der Waals surface area (Å²) in [5.74, 6) is 0. The summed E-state index contributed by atoms with van der Waals surface area (Å²) in [4.78, 5) is 8.10. The predicted molar refractivity (Wildman–Crippen MR) is 89.4 cm³/mol. The molecular weight excluding hydrogens is 388 g/mol. The van der Waals surface area contributed by atoms with E-state index in [4.69, 9.17) is 11.6 Å². The van der Waals surface area contributed by atoms with Crippen LogP contribution in [0.3, 0.4) is 0 Å². The van der Waals surface area contributed by atoms with E-state index in [0.717, 1.165) is 6.07 Å². The number of halogens is 6. The molecule has 0 aliphatic rings. The average molecular weight is 400 g/mol. The molecule has 2 aromatic heterocycles. The van der Waals surface area contributed by atoms with E-state index in [0.29, 0.717) is 17.9 Å². The molecule has 0 amide bonds. The molecule has 0 aliphatic heterocycles. The molecule has 0 fully saturated rings.